The average molecular weight is 611 g/mol. The van der Waals surface area contributed by atoms with E-state index in [9.17, 15) is 27.9 Å². The Kier molecular flexibility index (Phi) is 8.76. The number of benzene rings is 2. The molecule has 1 unspecified atom stereocenters. The van der Waals surface area contributed by atoms with E-state index >= 15 is 0 Å². The minimum atomic E-state index is -4.51. The van der Waals surface area contributed by atoms with E-state index in [1.807, 2.05) is 23.1 Å². The van der Waals surface area contributed by atoms with Crippen LogP contribution < -0.4 is 15.1 Å². The summed E-state index contributed by atoms with van der Waals surface area (Å²) >= 11 is 5.92. The van der Waals surface area contributed by atoms with Gasteiger partial charge in [0.1, 0.15) is 17.6 Å². The van der Waals surface area contributed by atoms with Crippen molar-refractivity contribution in [2.75, 3.05) is 36.0 Å². The van der Waals surface area contributed by atoms with Gasteiger partial charge in [0, 0.05) is 49.4 Å². The Balaban J connectivity index is 1.42. The highest BCUT2D eigenvalue weighted by atomic mass is 35.5. The van der Waals surface area contributed by atoms with Gasteiger partial charge in [0.15, 0.2) is 0 Å². The van der Waals surface area contributed by atoms with Gasteiger partial charge in [0.25, 0.3) is 5.91 Å². The number of alkyl halides is 3. The summed E-state index contributed by atoms with van der Waals surface area (Å²) in [5, 5.41) is 12.8. The van der Waals surface area contributed by atoms with Crippen LogP contribution in [0.1, 0.15) is 21.6 Å². The zero-order valence-corrected chi connectivity index (χ0v) is 23.4. The Hall–Kier alpha value is -4.71. The Morgan fingerprint density at radius 1 is 0.930 bits per heavy atom. The summed E-state index contributed by atoms with van der Waals surface area (Å²) in [4.78, 5) is 42.8. The molecule has 1 fully saturated rings. The number of hydrogen-bond donors (Lipinski definition) is 2. The van der Waals surface area contributed by atoms with Crippen LogP contribution in [0.3, 0.4) is 0 Å². The van der Waals surface area contributed by atoms with Crippen LogP contribution in [0.2, 0.25) is 5.02 Å². The summed E-state index contributed by atoms with van der Waals surface area (Å²) in [7, 11) is 0. The van der Waals surface area contributed by atoms with Gasteiger partial charge in [-0.25, -0.2) is 19.7 Å². The lowest BCUT2D eigenvalue weighted by Crippen LogP contribution is -2.47. The van der Waals surface area contributed by atoms with Gasteiger partial charge in [-0.15, -0.1) is 0 Å². The Labute approximate surface area is 250 Å². The van der Waals surface area contributed by atoms with Gasteiger partial charge < -0.3 is 20.2 Å². The van der Waals surface area contributed by atoms with Gasteiger partial charge >= 0.3 is 12.1 Å². The van der Waals surface area contributed by atoms with Gasteiger partial charge in [-0.05, 0) is 48.0 Å². The highest BCUT2D eigenvalue weighted by molar-refractivity contribution is 6.30. The summed E-state index contributed by atoms with van der Waals surface area (Å²) in [6, 6.07) is 16.7. The molecule has 0 aliphatic carbocycles. The number of hydrogen-bond acceptors (Lipinski definition) is 7. The molecule has 1 aliphatic rings. The van der Waals surface area contributed by atoms with Crippen LogP contribution in [-0.4, -0.2) is 64.2 Å². The molecule has 3 heterocycles. The summed E-state index contributed by atoms with van der Waals surface area (Å²) in [6.07, 6.45) is -2.80. The van der Waals surface area contributed by atoms with E-state index < -0.39 is 29.7 Å². The van der Waals surface area contributed by atoms with Gasteiger partial charge in [0.2, 0.25) is 5.95 Å². The van der Waals surface area contributed by atoms with Crippen LogP contribution in [0.4, 0.5) is 24.9 Å². The van der Waals surface area contributed by atoms with E-state index in [0.717, 1.165) is 18.0 Å². The second-order valence-corrected chi connectivity index (χ2v) is 10.3. The van der Waals surface area contributed by atoms with Crippen molar-refractivity contribution < 1.29 is 27.9 Å². The number of aromatic nitrogens is 3. The normalized spacial score (nSPS) is 14.3. The fourth-order valence-corrected chi connectivity index (χ4v) is 4.76. The molecule has 2 aromatic carbocycles. The molecule has 1 atom stereocenters. The number of piperazine rings is 1. The fourth-order valence-electron chi connectivity index (χ4n) is 4.63. The number of nitrogens with zero attached hydrogens (tertiary/aromatic N) is 5. The van der Waals surface area contributed by atoms with E-state index in [0.29, 0.717) is 42.3 Å². The molecule has 13 heteroatoms. The number of carbonyl (C=O) groups is 2. The largest absolute Gasteiger partial charge is 0.480 e. The summed E-state index contributed by atoms with van der Waals surface area (Å²) in [6.45, 7) is 2.16. The highest BCUT2D eigenvalue weighted by Gasteiger charge is 2.30. The zero-order valence-electron chi connectivity index (χ0n) is 22.6. The predicted molar refractivity (Wildman–Crippen MR) is 155 cm³/mol. The number of anilines is 2. The molecule has 1 saturated heterocycles. The van der Waals surface area contributed by atoms with E-state index in [-0.39, 0.29) is 23.8 Å². The van der Waals surface area contributed by atoms with Gasteiger partial charge in [-0.1, -0.05) is 41.9 Å². The summed E-state index contributed by atoms with van der Waals surface area (Å²) in [5.74, 6) is -0.980. The van der Waals surface area contributed by atoms with Crippen LogP contribution in [-0.2, 0) is 17.4 Å². The summed E-state index contributed by atoms with van der Waals surface area (Å²) < 4.78 is 39.5. The lowest BCUT2D eigenvalue weighted by Gasteiger charge is -2.35. The molecule has 1 amide bonds. The van der Waals surface area contributed by atoms with E-state index in [4.69, 9.17) is 11.6 Å². The van der Waals surface area contributed by atoms with Crippen molar-refractivity contribution in [2.45, 2.75) is 18.6 Å². The third-order valence-corrected chi connectivity index (χ3v) is 7.20. The van der Waals surface area contributed by atoms with Crippen molar-refractivity contribution in [3.05, 3.63) is 101 Å². The van der Waals surface area contributed by atoms with Crippen molar-refractivity contribution in [2.24, 2.45) is 0 Å². The van der Waals surface area contributed by atoms with Crippen LogP contribution in [0, 0.1) is 0 Å². The lowest BCUT2D eigenvalue weighted by atomic mass is 10.1. The molecule has 1 aliphatic heterocycles. The first-order valence-corrected chi connectivity index (χ1v) is 13.7. The van der Waals surface area contributed by atoms with E-state index in [1.165, 1.54) is 18.2 Å². The number of carboxylic acid groups (broad SMARTS) is 1. The minimum Gasteiger partial charge on any atom is -0.480 e. The molecule has 2 N–H and O–H groups in total. The number of aliphatic carboxylic acids is 1. The number of pyridine rings is 1. The molecule has 0 bridgehead atoms. The van der Waals surface area contributed by atoms with Crippen LogP contribution in [0.15, 0.2) is 79.0 Å². The molecular formula is C30H26ClF3N6O3. The van der Waals surface area contributed by atoms with E-state index in [1.54, 1.807) is 30.5 Å². The zero-order chi connectivity index (χ0) is 30.6. The Morgan fingerprint density at radius 2 is 1.60 bits per heavy atom. The van der Waals surface area contributed by atoms with Crippen molar-refractivity contribution in [1.82, 2.24) is 20.3 Å². The van der Waals surface area contributed by atoms with Crippen LogP contribution >= 0.6 is 11.6 Å². The third kappa shape index (κ3) is 7.39. The maximum Gasteiger partial charge on any atom is 0.416 e. The molecule has 2 aromatic heterocycles. The maximum atomic E-state index is 13.4. The highest BCUT2D eigenvalue weighted by Crippen LogP contribution is 2.31. The number of nitrogens with one attached hydrogen (secondary N) is 1. The third-order valence-electron chi connectivity index (χ3n) is 6.95. The molecule has 0 spiro atoms. The van der Waals surface area contributed by atoms with Crippen molar-refractivity contribution >= 4 is 35.2 Å². The number of amides is 1. The number of rotatable bonds is 8. The SMILES string of the molecule is O=C(NC(Cc1ccc(Cl)cc1)C(=O)O)c1cc(-c2ccc(C(F)(F)F)cc2)nc(N2CCN(c3ccccn3)CC2)n1. The van der Waals surface area contributed by atoms with Crippen molar-refractivity contribution in [3.8, 4) is 11.3 Å². The Bertz CT molecular complexity index is 1580. The monoisotopic (exact) mass is 610 g/mol. The van der Waals surface area contributed by atoms with Gasteiger partial charge in [0.05, 0.1) is 11.3 Å². The quantitative estimate of drug-likeness (QED) is 0.288. The number of carbonyl (C=O) groups excluding carboxylic acids is 1. The van der Waals surface area contributed by atoms with Crippen LogP contribution in [0.25, 0.3) is 11.3 Å². The molecule has 43 heavy (non-hydrogen) atoms. The Morgan fingerprint density at radius 3 is 2.21 bits per heavy atom. The number of carboxylic acids is 1. The lowest BCUT2D eigenvalue weighted by molar-refractivity contribution is -0.139. The molecule has 9 nitrogen and oxygen atoms in total. The fraction of sp³-hybridized carbons (Fsp3) is 0.233. The molecule has 0 saturated carbocycles. The second kappa shape index (κ2) is 12.7. The number of halogens is 4. The molecule has 222 valence electrons. The topological polar surface area (TPSA) is 112 Å². The molecule has 0 radical (unpaired) electrons. The predicted octanol–water partition coefficient (Wildman–Crippen LogP) is 4.96. The maximum absolute atomic E-state index is 13.4. The first-order valence-electron chi connectivity index (χ1n) is 13.3. The standard InChI is InChI=1S/C30H26ClF3N6O3/c31-22-10-4-19(5-11-22)17-25(28(42)43)36-27(41)24-18-23(20-6-8-21(9-7-20)30(32,33)34)37-29(38-24)40-15-13-39(14-16-40)26-3-1-2-12-35-26/h1-12,18,25H,13-17H2,(H,36,41)(H,42,43). The van der Waals surface area contributed by atoms with Gasteiger partial charge in [-0.2, -0.15) is 13.2 Å². The first-order chi connectivity index (χ1) is 20.6. The average Bonchev–Trinajstić information content (AvgIpc) is 3.01. The van der Waals surface area contributed by atoms with Gasteiger partial charge in [-0.3, -0.25) is 4.79 Å². The van der Waals surface area contributed by atoms with E-state index in [2.05, 4.69) is 25.2 Å². The van der Waals surface area contributed by atoms with Crippen molar-refractivity contribution in [1.29, 1.82) is 0 Å². The van der Waals surface area contributed by atoms with Crippen molar-refractivity contribution in [3.63, 3.8) is 0 Å². The second-order valence-electron chi connectivity index (χ2n) is 9.87. The first kappa shape index (κ1) is 29.8. The summed E-state index contributed by atoms with van der Waals surface area (Å²) in [5.41, 5.74) is 0.279. The molecule has 4 aromatic rings. The smallest absolute Gasteiger partial charge is 0.416 e. The molecular weight excluding hydrogens is 585 g/mol. The van der Waals surface area contributed by atoms with Crippen LogP contribution in [0.5, 0.6) is 0 Å². The minimum absolute atomic E-state index is 0.00255. The molecule has 5 rings (SSSR count).